The first-order valence-electron chi connectivity index (χ1n) is 8.94. The number of hydrogen-bond donors (Lipinski definition) is 1. The molecule has 1 aliphatic carbocycles. The third-order valence-electron chi connectivity index (χ3n) is 5.40. The normalized spacial score (nSPS) is 17.7. The summed E-state index contributed by atoms with van der Waals surface area (Å²) in [4.78, 5) is 0.323. The lowest BCUT2D eigenvalue weighted by Crippen LogP contribution is -2.41. The second-order valence-corrected chi connectivity index (χ2v) is 10.9. The van der Waals surface area contributed by atoms with Crippen molar-refractivity contribution in [3.05, 3.63) is 64.1 Å². The van der Waals surface area contributed by atoms with Gasteiger partial charge in [-0.15, -0.1) is 0 Å². The average molecular weight is 436 g/mol. The maximum absolute atomic E-state index is 12.8. The van der Waals surface area contributed by atoms with E-state index in [0.717, 1.165) is 22.9 Å². The van der Waals surface area contributed by atoms with Gasteiger partial charge in [-0.1, -0.05) is 61.0 Å². The minimum absolute atomic E-state index is 0.00265. The molecule has 5 heteroatoms. The monoisotopic (exact) mass is 435 g/mol. The maximum atomic E-state index is 12.8. The van der Waals surface area contributed by atoms with Crippen LogP contribution >= 0.6 is 15.9 Å². The van der Waals surface area contributed by atoms with E-state index in [1.165, 1.54) is 5.56 Å². The molecule has 140 valence electrons. The van der Waals surface area contributed by atoms with Crippen LogP contribution < -0.4 is 4.72 Å². The molecule has 1 saturated carbocycles. The first-order chi connectivity index (χ1) is 12.0. The van der Waals surface area contributed by atoms with E-state index in [-0.39, 0.29) is 16.9 Å². The van der Waals surface area contributed by atoms with Crippen molar-refractivity contribution in [1.29, 1.82) is 0 Å². The van der Waals surface area contributed by atoms with Gasteiger partial charge >= 0.3 is 0 Å². The number of hydrogen-bond acceptors (Lipinski definition) is 2. The van der Waals surface area contributed by atoms with Crippen molar-refractivity contribution in [3.8, 4) is 0 Å². The van der Waals surface area contributed by atoms with Gasteiger partial charge in [0.25, 0.3) is 0 Å². The predicted molar refractivity (Wildman–Crippen MR) is 110 cm³/mol. The fourth-order valence-corrected chi connectivity index (χ4v) is 5.02. The van der Waals surface area contributed by atoms with Crippen LogP contribution in [-0.2, 0) is 20.9 Å². The highest BCUT2D eigenvalue weighted by molar-refractivity contribution is 9.10. The van der Waals surface area contributed by atoms with E-state index in [9.17, 15) is 8.42 Å². The Morgan fingerprint density at radius 1 is 1.00 bits per heavy atom. The molecule has 3 nitrogen and oxygen atoms in total. The Morgan fingerprint density at radius 3 is 2.00 bits per heavy atom. The van der Waals surface area contributed by atoms with Gasteiger partial charge in [-0.05, 0) is 60.6 Å². The van der Waals surface area contributed by atoms with Gasteiger partial charge in [-0.2, -0.15) is 0 Å². The van der Waals surface area contributed by atoms with Gasteiger partial charge in [0.05, 0.1) is 4.90 Å². The van der Waals surface area contributed by atoms with Crippen molar-refractivity contribution in [1.82, 2.24) is 4.72 Å². The molecule has 0 radical (unpaired) electrons. The zero-order valence-electron chi connectivity index (χ0n) is 15.7. The van der Waals surface area contributed by atoms with Crippen LogP contribution in [0.15, 0.2) is 57.9 Å². The molecule has 0 aliphatic heterocycles. The number of rotatable bonds is 5. The molecule has 3 rings (SSSR count). The Bertz CT molecular complexity index is 877. The fourth-order valence-electron chi connectivity index (χ4n) is 3.44. The molecule has 1 aliphatic rings. The first kappa shape index (κ1) is 19.6. The molecule has 2 aromatic rings. The third-order valence-corrected chi connectivity index (χ3v) is 7.48. The lowest BCUT2D eigenvalue weighted by atomic mass is 9.87. The van der Waals surface area contributed by atoms with Crippen molar-refractivity contribution in [2.24, 2.45) is 0 Å². The predicted octanol–water partition coefficient (Wildman–Crippen LogP) is 5.15. The smallest absolute Gasteiger partial charge is 0.207 e. The molecule has 1 atom stereocenters. The fraction of sp³-hybridized carbons (Fsp3) is 0.429. The molecular formula is C21H26BrNO2S. The molecule has 0 amide bonds. The molecule has 1 fully saturated rings. The van der Waals surface area contributed by atoms with Crippen LogP contribution in [0.3, 0.4) is 0 Å². The number of halogens is 1. The van der Waals surface area contributed by atoms with E-state index >= 15 is 0 Å². The van der Waals surface area contributed by atoms with Gasteiger partial charge in [0.15, 0.2) is 0 Å². The van der Waals surface area contributed by atoms with Gasteiger partial charge < -0.3 is 0 Å². The van der Waals surface area contributed by atoms with E-state index in [1.807, 2.05) is 31.2 Å². The van der Waals surface area contributed by atoms with Gasteiger partial charge in [-0.3, -0.25) is 0 Å². The van der Waals surface area contributed by atoms with Gasteiger partial charge in [-0.25, -0.2) is 13.1 Å². The van der Waals surface area contributed by atoms with Crippen LogP contribution in [0.25, 0.3) is 0 Å². The van der Waals surface area contributed by atoms with Gasteiger partial charge in [0.2, 0.25) is 10.0 Å². The zero-order chi connectivity index (χ0) is 19.2. The van der Waals surface area contributed by atoms with Gasteiger partial charge in [0.1, 0.15) is 0 Å². The molecule has 0 spiro atoms. The summed E-state index contributed by atoms with van der Waals surface area (Å²) in [6, 6.07) is 15.3. The second-order valence-electron chi connectivity index (χ2n) is 8.28. The van der Waals surface area contributed by atoms with Crippen LogP contribution in [-0.4, -0.2) is 14.5 Å². The minimum atomic E-state index is -3.54. The summed E-state index contributed by atoms with van der Waals surface area (Å²) >= 11 is 3.46. The molecule has 0 bridgehead atoms. The third kappa shape index (κ3) is 3.90. The summed E-state index contributed by atoms with van der Waals surface area (Å²) < 4.78 is 29.6. The number of benzene rings is 2. The van der Waals surface area contributed by atoms with E-state index in [4.69, 9.17) is 0 Å². The van der Waals surface area contributed by atoms with Crippen LogP contribution in [0.1, 0.15) is 51.7 Å². The Labute approximate surface area is 165 Å². The van der Waals surface area contributed by atoms with Crippen LogP contribution in [0.2, 0.25) is 0 Å². The summed E-state index contributed by atoms with van der Waals surface area (Å²) in [7, 11) is -3.54. The first-order valence-corrected chi connectivity index (χ1v) is 11.2. The van der Waals surface area contributed by atoms with Crippen molar-refractivity contribution in [2.45, 2.75) is 62.3 Å². The van der Waals surface area contributed by atoms with Gasteiger partial charge in [0, 0.05) is 15.9 Å². The SMILES string of the molecule is CC(NS(=O)(=O)c1ccc(C(C)(C)C)cc1)C1(c2ccc(Br)cc2)CC1. The largest absolute Gasteiger partial charge is 0.240 e. The Morgan fingerprint density at radius 2 is 1.54 bits per heavy atom. The summed E-state index contributed by atoms with van der Waals surface area (Å²) in [5.74, 6) is 0. The number of nitrogens with one attached hydrogen (secondary N) is 1. The molecule has 2 aromatic carbocycles. The quantitative estimate of drug-likeness (QED) is 0.705. The van der Waals surface area contributed by atoms with E-state index < -0.39 is 10.0 Å². The van der Waals surface area contributed by atoms with E-state index in [2.05, 4.69) is 53.6 Å². The molecule has 0 saturated heterocycles. The van der Waals surface area contributed by atoms with Crippen LogP contribution in [0, 0.1) is 0 Å². The van der Waals surface area contributed by atoms with E-state index in [0.29, 0.717) is 4.90 Å². The second kappa shape index (κ2) is 6.77. The molecule has 26 heavy (non-hydrogen) atoms. The summed E-state index contributed by atoms with van der Waals surface area (Å²) in [5, 5.41) is 0. The summed E-state index contributed by atoms with van der Waals surface area (Å²) in [5.41, 5.74) is 2.22. The maximum Gasteiger partial charge on any atom is 0.240 e. The van der Waals surface area contributed by atoms with Crippen LogP contribution in [0.4, 0.5) is 0 Å². The molecule has 0 aromatic heterocycles. The van der Waals surface area contributed by atoms with Crippen molar-refractivity contribution in [2.75, 3.05) is 0 Å². The topological polar surface area (TPSA) is 46.2 Å². The van der Waals surface area contributed by atoms with Crippen molar-refractivity contribution >= 4 is 26.0 Å². The average Bonchev–Trinajstić information content (AvgIpc) is 3.36. The van der Waals surface area contributed by atoms with Crippen molar-refractivity contribution < 1.29 is 8.42 Å². The molecule has 1 unspecified atom stereocenters. The lowest BCUT2D eigenvalue weighted by molar-refractivity contribution is 0.494. The molecule has 1 N–H and O–H groups in total. The minimum Gasteiger partial charge on any atom is -0.207 e. The van der Waals surface area contributed by atoms with E-state index in [1.54, 1.807) is 12.1 Å². The highest BCUT2D eigenvalue weighted by Gasteiger charge is 2.49. The highest BCUT2D eigenvalue weighted by Crippen LogP contribution is 2.51. The Balaban J connectivity index is 1.80. The Hall–Kier alpha value is -1.17. The molecular weight excluding hydrogens is 410 g/mol. The Kier molecular flexibility index (Phi) is 5.10. The summed E-state index contributed by atoms with van der Waals surface area (Å²) in [6.45, 7) is 8.32. The summed E-state index contributed by atoms with van der Waals surface area (Å²) in [6.07, 6.45) is 2.00. The van der Waals surface area contributed by atoms with Crippen molar-refractivity contribution in [3.63, 3.8) is 0 Å². The standard InChI is InChI=1S/C21H26BrNO2S/c1-15(21(13-14-21)17-5-9-18(22)10-6-17)23-26(24,25)19-11-7-16(8-12-19)20(2,3)4/h5-12,15,23H,13-14H2,1-4H3. The highest BCUT2D eigenvalue weighted by atomic mass is 79.9. The number of sulfonamides is 1. The zero-order valence-corrected chi connectivity index (χ0v) is 18.1. The lowest BCUT2D eigenvalue weighted by Gasteiger charge is -2.25. The molecule has 0 heterocycles. The van der Waals surface area contributed by atoms with Crippen LogP contribution in [0.5, 0.6) is 0 Å².